The minimum atomic E-state index is -0.123. The van der Waals surface area contributed by atoms with Crippen LogP contribution in [0.25, 0.3) is 0 Å². The van der Waals surface area contributed by atoms with Gasteiger partial charge in [-0.25, -0.2) is 0 Å². The van der Waals surface area contributed by atoms with Crippen LogP contribution < -0.4 is 10.1 Å². The second kappa shape index (κ2) is 8.62. The zero-order chi connectivity index (χ0) is 22.1. The highest BCUT2D eigenvalue weighted by Gasteiger charge is 2.42. The van der Waals surface area contributed by atoms with Gasteiger partial charge in [0.25, 0.3) is 5.91 Å². The molecule has 3 aromatic rings. The number of ether oxygens (including phenoxy) is 1. The van der Waals surface area contributed by atoms with Crippen molar-refractivity contribution in [2.45, 2.75) is 31.6 Å². The molecule has 0 radical (unpaired) electrons. The third kappa shape index (κ3) is 3.70. The molecule has 32 heavy (non-hydrogen) atoms. The molecule has 3 aliphatic carbocycles. The molecule has 1 unspecified atom stereocenters. The van der Waals surface area contributed by atoms with E-state index in [1.165, 1.54) is 22.3 Å². The number of ketones is 1. The second-order valence-electron chi connectivity index (χ2n) is 8.68. The van der Waals surface area contributed by atoms with Crippen LogP contribution >= 0.6 is 0 Å². The number of fused-ring (bicyclic) bond motifs is 1. The number of nitrogens with one attached hydrogen (secondary N) is 1. The topological polar surface area (TPSA) is 55.4 Å². The van der Waals surface area contributed by atoms with Gasteiger partial charge in [-0.05, 0) is 58.9 Å². The van der Waals surface area contributed by atoms with E-state index >= 15 is 0 Å². The van der Waals surface area contributed by atoms with Gasteiger partial charge in [0, 0.05) is 30.4 Å². The molecule has 1 N–H and O–H groups in total. The van der Waals surface area contributed by atoms with E-state index in [0.29, 0.717) is 42.0 Å². The number of amides is 1. The minimum absolute atomic E-state index is 0.0327. The largest absolute Gasteiger partial charge is 0.484 e. The molecule has 4 nitrogen and oxygen atoms in total. The zero-order valence-corrected chi connectivity index (χ0v) is 18.2. The molecular formula is C28H27NO3. The second-order valence-corrected chi connectivity index (χ2v) is 8.68. The highest BCUT2D eigenvalue weighted by molar-refractivity contribution is 5.95. The Kier molecular flexibility index (Phi) is 5.52. The van der Waals surface area contributed by atoms with Crippen molar-refractivity contribution < 1.29 is 14.3 Å². The van der Waals surface area contributed by atoms with Crippen molar-refractivity contribution in [1.82, 2.24) is 5.32 Å². The predicted molar refractivity (Wildman–Crippen MR) is 124 cm³/mol. The monoisotopic (exact) mass is 425 g/mol. The molecule has 3 aromatic carbocycles. The van der Waals surface area contributed by atoms with Gasteiger partial charge in [0.05, 0.1) is 0 Å². The summed E-state index contributed by atoms with van der Waals surface area (Å²) in [5.74, 6) is 1.65. The van der Waals surface area contributed by atoms with Gasteiger partial charge >= 0.3 is 0 Å². The molecular weight excluding hydrogens is 398 g/mol. The molecule has 0 fully saturated rings. The van der Waals surface area contributed by atoms with Gasteiger partial charge in [-0.1, -0.05) is 55.5 Å². The number of hydrogen-bond acceptors (Lipinski definition) is 3. The fraction of sp³-hybridized carbons (Fsp3) is 0.286. The van der Waals surface area contributed by atoms with Crippen LogP contribution in [0.4, 0.5) is 0 Å². The number of Topliss-reactive ketones (excluding diaryl/α,β-unsaturated/α-hetero) is 1. The number of benzene rings is 3. The molecule has 1 amide bonds. The Morgan fingerprint density at radius 3 is 2.06 bits per heavy atom. The summed E-state index contributed by atoms with van der Waals surface area (Å²) in [5.41, 5.74) is 6.34. The summed E-state index contributed by atoms with van der Waals surface area (Å²) in [7, 11) is 0. The first-order valence-corrected chi connectivity index (χ1v) is 11.4. The maximum absolute atomic E-state index is 12.5. The summed E-state index contributed by atoms with van der Waals surface area (Å²) >= 11 is 0. The fourth-order valence-corrected chi connectivity index (χ4v) is 5.35. The van der Waals surface area contributed by atoms with Crippen molar-refractivity contribution in [2.75, 3.05) is 13.2 Å². The van der Waals surface area contributed by atoms with Crippen LogP contribution in [-0.2, 0) is 4.79 Å². The minimum Gasteiger partial charge on any atom is -0.484 e. The molecule has 0 aliphatic heterocycles. The Bertz CT molecular complexity index is 1100. The van der Waals surface area contributed by atoms with E-state index in [-0.39, 0.29) is 18.3 Å². The molecule has 162 valence electrons. The number of carbonyl (C=O) groups is 2. The maximum atomic E-state index is 12.5. The smallest absolute Gasteiger partial charge is 0.257 e. The molecule has 0 saturated carbocycles. The summed E-state index contributed by atoms with van der Waals surface area (Å²) in [4.78, 5) is 24.2. The van der Waals surface area contributed by atoms with Crippen LogP contribution in [0.2, 0.25) is 0 Å². The van der Waals surface area contributed by atoms with Gasteiger partial charge in [0.2, 0.25) is 0 Å². The van der Waals surface area contributed by atoms with Crippen LogP contribution in [0.3, 0.4) is 0 Å². The summed E-state index contributed by atoms with van der Waals surface area (Å²) in [5, 5.41) is 3.09. The average molecular weight is 426 g/mol. The van der Waals surface area contributed by atoms with E-state index in [2.05, 4.69) is 53.8 Å². The quantitative estimate of drug-likeness (QED) is 0.538. The summed E-state index contributed by atoms with van der Waals surface area (Å²) in [6.07, 6.45) is 1.52. The zero-order valence-electron chi connectivity index (χ0n) is 18.2. The van der Waals surface area contributed by atoms with E-state index in [1.54, 1.807) is 24.3 Å². The van der Waals surface area contributed by atoms with E-state index in [0.717, 1.165) is 6.42 Å². The van der Waals surface area contributed by atoms with Crippen LogP contribution in [0.15, 0.2) is 72.8 Å². The number of hydrogen-bond donors (Lipinski definition) is 1. The third-order valence-corrected chi connectivity index (χ3v) is 6.85. The Labute approximate surface area is 188 Å². The molecule has 6 rings (SSSR count). The Morgan fingerprint density at radius 2 is 1.47 bits per heavy atom. The number of rotatable bonds is 7. The predicted octanol–water partition coefficient (Wildman–Crippen LogP) is 5.07. The lowest BCUT2D eigenvalue weighted by atomic mass is 9.59. The SMILES string of the molecule is CCC(=O)c1ccc(OCC(=O)NCC2CC3c4ccccc4C2c2ccccc23)cc1. The van der Waals surface area contributed by atoms with Gasteiger partial charge in [0.15, 0.2) is 12.4 Å². The summed E-state index contributed by atoms with van der Waals surface area (Å²) in [6.45, 7) is 2.44. The lowest BCUT2D eigenvalue weighted by Crippen LogP contribution is -2.40. The van der Waals surface area contributed by atoms with Crippen molar-refractivity contribution in [2.24, 2.45) is 5.92 Å². The van der Waals surface area contributed by atoms with Crippen LogP contribution in [0.5, 0.6) is 5.75 Å². The fourth-order valence-electron chi connectivity index (χ4n) is 5.35. The van der Waals surface area contributed by atoms with E-state index < -0.39 is 0 Å². The lowest BCUT2D eigenvalue weighted by Gasteiger charge is -2.45. The number of carbonyl (C=O) groups excluding carboxylic acids is 2. The first kappa shape index (κ1) is 20.5. The van der Waals surface area contributed by atoms with Crippen LogP contribution in [0.1, 0.15) is 64.2 Å². The molecule has 0 saturated heterocycles. The summed E-state index contributed by atoms with van der Waals surface area (Å²) in [6, 6.07) is 24.4. The van der Waals surface area contributed by atoms with E-state index in [9.17, 15) is 9.59 Å². The standard InChI is InChI=1S/C28H27NO3/c1-2-26(30)18-11-13-20(14-12-18)32-17-27(31)29-16-19-15-25-21-7-3-5-9-23(21)28(19)24-10-6-4-8-22(24)25/h3-14,19,25,28H,2,15-17H2,1H3,(H,29,31). The molecule has 1 atom stereocenters. The van der Waals surface area contributed by atoms with Gasteiger partial charge in [-0.2, -0.15) is 0 Å². The lowest BCUT2D eigenvalue weighted by molar-refractivity contribution is -0.123. The Balaban J connectivity index is 1.22. The van der Waals surface area contributed by atoms with Crippen LogP contribution in [-0.4, -0.2) is 24.8 Å². The van der Waals surface area contributed by atoms with Crippen molar-refractivity contribution >= 4 is 11.7 Å². The van der Waals surface area contributed by atoms with Gasteiger partial charge in [-0.15, -0.1) is 0 Å². The van der Waals surface area contributed by atoms with Crippen molar-refractivity contribution in [3.8, 4) is 5.75 Å². The Hall–Kier alpha value is -3.40. The van der Waals surface area contributed by atoms with Crippen molar-refractivity contribution in [1.29, 1.82) is 0 Å². The van der Waals surface area contributed by atoms with Crippen molar-refractivity contribution in [3.63, 3.8) is 0 Å². The summed E-state index contributed by atoms with van der Waals surface area (Å²) < 4.78 is 5.63. The molecule has 0 aromatic heterocycles. The van der Waals surface area contributed by atoms with Crippen LogP contribution in [0, 0.1) is 5.92 Å². The first-order valence-electron chi connectivity index (χ1n) is 11.4. The molecule has 2 bridgehead atoms. The molecule has 0 heterocycles. The van der Waals surface area contributed by atoms with Crippen molar-refractivity contribution in [3.05, 3.63) is 101 Å². The molecule has 4 heteroatoms. The first-order chi connectivity index (χ1) is 15.7. The maximum Gasteiger partial charge on any atom is 0.257 e. The average Bonchev–Trinajstić information content (AvgIpc) is 2.86. The van der Waals surface area contributed by atoms with E-state index in [4.69, 9.17) is 4.74 Å². The Morgan fingerprint density at radius 1 is 0.875 bits per heavy atom. The third-order valence-electron chi connectivity index (χ3n) is 6.85. The van der Waals surface area contributed by atoms with Gasteiger partial charge in [-0.3, -0.25) is 9.59 Å². The van der Waals surface area contributed by atoms with E-state index in [1.807, 2.05) is 6.92 Å². The van der Waals surface area contributed by atoms with Gasteiger partial charge in [0.1, 0.15) is 5.75 Å². The molecule has 0 spiro atoms. The molecule has 3 aliphatic rings. The highest BCUT2D eigenvalue weighted by Crippen LogP contribution is 2.55. The van der Waals surface area contributed by atoms with Gasteiger partial charge < -0.3 is 10.1 Å². The normalized spacial score (nSPS) is 20.2. The highest BCUT2D eigenvalue weighted by atomic mass is 16.5.